The molecule has 0 aromatic carbocycles. The average Bonchev–Trinajstić information content (AvgIpc) is 2.83. The highest BCUT2D eigenvalue weighted by atomic mass is 16.1. The van der Waals surface area contributed by atoms with Crippen LogP contribution >= 0.6 is 0 Å². The zero-order valence-corrected chi connectivity index (χ0v) is 10.4. The van der Waals surface area contributed by atoms with Crippen LogP contribution in [0.1, 0.15) is 17.4 Å². The van der Waals surface area contributed by atoms with Gasteiger partial charge in [0.05, 0.1) is 0 Å². The number of pyridine rings is 1. The molecule has 0 bridgehead atoms. The van der Waals surface area contributed by atoms with Gasteiger partial charge in [-0.25, -0.2) is 0 Å². The van der Waals surface area contributed by atoms with Gasteiger partial charge >= 0.3 is 0 Å². The van der Waals surface area contributed by atoms with Crippen molar-refractivity contribution in [2.75, 3.05) is 25.0 Å². The van der Waals surface area contributed by atoms with Crippen LogP contribution in [0, 0.1) is 11.8 Å². The summed E-state index contributed by atoms with van der Waals surface area (Å²) in [7, 11) is 0. The Hall–Kier alpha value is -1.62. The number of rotatable bonds is 4. The van der Waals surface area contributed by atoms with Gasteiger partial charge in [0.2, 0.25) is 0 Å². The van der Waals surface area contributed by atoms with Gasteiger partial charge in [0, 0.05) is 37.6 Å². The van der Waals surface area contributed by atoms with E-state index < -0.39 is 0 Å². The molecule has 1 aliphatic carbocycles. The standard InChI is InChI=1S/C13H18N4O/c1-2-15-13(18)11-5-8(3-4-16-11)17-12-9-6-14-7-10(9)12/h3-5,9-10,12,14H,2,6-7H2,1H3,(H,15,18)(H,16,17). The van der Waals surface area contributed by atoms with Crippen LogP contribution in [0.5, 0.6) is 0 Å². The van der Waals surface area contributed by atoms with E-state index in [4.69, 9.17) is 0 Å². The van der Waals surface area contributed by atoms with Crippen LogP contribution in [-0.4, -0.2) is 36.6 Å². The minimum absolute atomic E-state index is 0.112. The van der Waals surface area contributed by atoms with Crippen LogP contribution in [0.3, 0.4) is 0 Å². The first-order valence-electron chi connectivity index (χ1n) is 6.51. The van der Waals surface area contributed by atoms with Crippen molar-refractivity contribution in [3.05, 3.63) is 24.0 Å². The lowest BCUT2D eigenvalue weighted by Crippen LogP contribution is -2.24. The van der Waals surface area contributed by atoms with Crippen LogP contribution < -0.4 is 16.0 Å². The summed E-state index contributed by atoms with van der Waals surface area (Å²) in [5.74, 6) is 1.40. The molecule has 1 saturated heterocycles. The highest BCUT2D eigenvalue weighted by molar-refractivity contribution is 5.93. The van der Waals surface area contributed by atoms with E-state index in [0.29, 0.717) is 18.3 Å². The first kappa shape index (κ1) is 11.5. The molecule has 2 fully saturated rings. The minimum Gasteiger partial charge on any atom is -0.382 e. The van der Waals surface area contributed by atoms with Gasteiger partial charge in [0.25, 0.3) is 5.91 Å². The van der Waals surface area contributed by atoms with Crippen molar-refractivity contribution >= 4 is 11.6 Å². The average molecular weight is 246 g/mol. The highest BCUT2D eigenvalue weighted by Crippen LogP contribution is 2.43. The number of carbonyl (C=O) groups excluding carboxylic acids is 1. The number of hydrogen-bond donors (Lipinski definition) is 3. The summed E-state index contributed by atoms with van der Waals surface area (Å²) in [4.78, 5) is 15.8. The molecule has 96 valence electrons. The second-order valence-electron chi connectivity index (χ2n) is 4.95. The molecule has 2 unspecified atom stereocenters. The second kappa shape index (κ2) is 4.57. The molecule has 1 saturated carbocycles. The van der Waals surface area contributed by atoms with Gasteiger partial charge in [0.1, 0.15) is 5.69 Å². The summed E-state index contributed by atoms with van der Waals surface area (Å²) in [6.45, 7) is 4.74. The van der Waals surface area contributed by atoms with Gasteiger partial charge in [-0.2, -0.15) is 0 Å². The van der Waals surface area contributed by atoms with Crippen molar-refractivity contribution in [2.24, 2.45) is 11.8 Å². The van der Waals surface area contributed by atoms with Crippen molar-refractivity contribution in [3.8, 4) is 0 Å². The number of fused-ring (bicyclic) bond motifs is 1. The Morgan fingerprint density at radius 2 is 2.28 bits per heavy atom. The molecule has 2 aliphatic rings. The Labute approximate surface area is 106 Å². The molecule has 3 rings (SSSR count). The van der Waals surface area contributed by atoms with Gasteiger partial charge in [-0.05, 0) is 30.9 Å². The molecule has 1 amide bonds. The lowest BCUT2D eigenvalue weighted by Gasteiger charge is -2.10. The molecule has 0 spiro atoms. The molecule has 5 nitrogen and oxygen atoms in total. The number of aromatic nitrogens is 1. The molecular formula is C13H18N4O. The zero-order valence-electron chi connectivity index (χ0n) is 10.4. The molecule has 5 heteroatoms. The van der Waals surface area contributed by atoms with E-state index in [-0.39, 0.29) is 5.91 Å². The molecule has 18 heavy (non-hydrogen) atoms. The van der Waals surface area contributed by atoms with E-state index >= 15 is 0 Å². The summed E-state index contributed by atoms with van der Waals surface area (Å²) in [6, 6.07) is 4.31. The first-order valence-corrected chi connectivity index (χ1v) is 6.51. The Morgan fingerprint density at radius 1 is 1.50 bits per heavy atom. The number of hydrogen-bond acceptors (Lipinski definition) is 4. The first-order chi connectivity index (χ1) is 8.79. The molecule has 1 aromatic heterocycles. The minimum atomic E-state index is -0.112. The largest absolute Gasteiger partial charge is 0.382 e. The van der Waals surface area contributed by atoms with E-state index in [2.05, 4.69) is 20.9 Å². The van der Waals surface area contributed by atoms with Crippen LogP contribution in [0.4, 0.5) is 5.69 Å². The number of amides is 1. The Balaban J connectivity index is 1.66. The predicted octanol–water partition coefficient (Wildman–Crippen LogP) is 0.461. The Kier molecular flexibility index (Phi) is 2.91. The second-order valence-corrected chi connectivity index (χ2v) is 4.95. The topological polar surface area (TPSA) is 66.1 Å². The van der Waals surface area contributed by atoms with E-state index in [1.807, 2.05) is 19.1 Å². The summed E-state index contributed by atoms with van der Waals surface area (Å²) >= 11 is 0. The Morgan fingerprint density at radius 3 is 3.00 bits per heavy atom. The lowest BCUT2D eigenvalue weighted by atomic mass is 10.3. The normalized spacial score (nSPS) is 28.6. The maximum atomic E-state index is 11.7. The number of carbonyl (C=O) groups is 1. The molecule has 1 aromatic rings. The summed E-state index contributed by atoms with van der Waals surface area (Å²) in [5, 5.41) is 9.62. The van der Waals surface area contributed by atoms with Gasteiger partial charge in [-0.3, -0.25) is 9.78 Å². The fourth-order valence-electron chi connectivity index (χ4n) is 2.72. The summed E-state index contributed by atoms with van der Waals surface area (Å²) < 4.78 is 0. The van der Waals surface area contributed by atoms with E-state index in [9.17, 15) is 4.79 Å². The van der Waals surface area contributed by atoms with Crippen LogP contribution in [0.15, 0.2) is 18.3 Å². The van der Waals surface area contributed by atoms with Gasteiger partial charge in [-0.1, -0.05) is 0 Å². The third kappa shape index (κ3) is 2.06. The monoisotopic (exact) mass is 246 g/mol. The fraction of sp³-hybridized carbons (Fsp3) is 0.538. The number of piperidine rings is 1. The third-order valence-corrected chi connectivity index (χ3v) is 3.75. The fourth-order valence-corrected chi connectivity index (χ4v) is 2.72. The smallest absolute Gasteiger partial charge is 0.269 e. The zero-order chi connectivity index (χ0) is 12.5. The molecule has 2 heterocycles. The molecular weight excluding hydrogens is 228 g/mol. The van der Waals surface area contributed by atoms with E-state index in [0.717, 1.165) is 30.6 Å². The van der Waals surface area contributed by atoms with Crippen molar-refractivity contribution in [1.82, 2.24) is 15.6 Å². The van der Waals surface area contributed by atoms with E-state index in [1.165, 1.54) is 0 Å². The summed E-state index contributed by atoms with van der Waals surface area (Å²) in [5.41, 5.74) is 1.47. The van der Waals surface area contributed by atoms with Crippen molar-refractivity contribution < 1.29 is 4.79 Å². The summed E-state index contributed by atoms with van der Waals surface area (Å²) in [6.07, 6.45) is 1.68. The van der Waals surface area contributed by atoms with Crippen molar-refractivity contribution in [1.29, 1.82) is 0 Å². The van der Waals surface area contributed by atoms with Gasteiger partial charge < -0.3 is 16.0 Å². The molecule has 0 radical (unpaired) electrons. The van der Waals surface area contributed by atoms with Crippen molar-refractivity contribution in [2.45, 2.75) is 13.0 Å². The maximum absolute atomic E-state index is 11.7. The predicted molar refractivity (Wildman–Crippen MR) is 69.5 cm³/mol. The Bertz CT molecular complexity index is 452. The SMILES string of the molecule is CCNC(=O)c1cc(NC2C3CNCC32)ccn1. The van der Waals surface area contributed by atoms with Gasteiger partial charge in [0.15, 0.2) is 0 Å². The molecule has 3 N–H and O–H groups in total. The molecule has 1 aliphatic heterocycles. The van der Waals surface area contributed by atoms with Crippen LogP contribution in [0.25, 0.3) is 0 Å². The number of nitrogens with zero attached hydrogens (tertiary/aromatic N) is 1. The quantitative estimate of drug-likeness (QED) is 0.722. The molecule has 2 atom stereocenters. The van der Waals surface area contributed by atoms with Crippen molar-refractivity contribution in [3.63, 3.8) is 0 Å². The van der Waals surface area contributed by atoms with Gasteiger partial charge in [-0.15, -0.1) is 0 Å². The van der Waals surface area contributed by atoms with Crippen LogP contribution in [0.2, 0.25) is 0 Å². The number of nitrogens with one attached hydrogen (secondary N) is 3. The highest BCUT2D eigenvalue weighted by Gasteiger charge is 2.52. The third-order valence-electron chi connectivity index (χ3n) is 3.75. The lowest BCUT2D eigenvalue weighted by molar-refractivity contribution is 0.0951. The van der Waals surface area contributed by atoms with Crippen LogP contribution in [-0.2, 0) is 0 Å². The number of anilines is 1. The maximum Gasteiger partial charge on any atom is 0.269 e. The van der Waals surface area contributed by atoms with E-state index in [1.54, 1.807) is 6.20 Å².